The van der Waals surface area contributed by atoms with Gasteiger partial charge in [0, 0.05) is 35.2 Å². The van der Waals surface area contributed by atoms with Gasteiger partial charge in [-0.25, -0.2) is 0 Å². The van der Waals surface area contributed by atoms with E-state index in [2.05, 4.69) is 15.2 Å². The molecule has 2 aromatic heterocycles. The van der Waals surface area contributed by atoms with Gasteiger partial charge in [0.25, 0.3) is 0 Å². The largest absolute Gasteiger partial charge is 0.312 e. The molecule has 0 saturated heterocycles. The Hall–Kier alpha value is -3.16. The molecule has 6 nitrogen and oxygen atoms in total. The molecular formula is C25H24ClN5OS. The molecule has 4 rings (SSSR count). The summed E-state index contributed by atoms with van der Waals surface area (Å²) in [6, 6.07) is 17.4. The molecule has 4 aromatic rings. The molecule has 0 atom stereocenters. The number of pyridine rings is 1. The van der Waals surface area contributed by atoms with Gasteiger partial charge in [0.2, 0.25) is 5.91 Å². The van der Waals surface area contributed by atoms with E-state index in [1.54, 1.807) is 17.3 Å². The van der Waals surface area contributed by atoms with Crippen LogP contribution in [0, 0.1) is 13.8 Å². The van der Waals surface area contributed by atoms with Crippen LogP contribution in [0.2, 0.25) is 5.02 Å². The summed E-state index contributed by atoms with van der Waals surface area (Å²) in [5.74, 6) is 0.916. The van der Waals surface area contributed by atoms with E-state index in [9.17, 15) is 4.79 Å². The Labute approximate surface area is 202 Å². The lowest BCUT2D eigenvalue weighted by atomic mass is 10.2. The summed E-state index contributed by atoms with van der Waals surface area (Å²) in [6.45, 7) is 6.55. The number of hydrogen-bond donors (Lipinski definition) is 0. The molecule has 0 aliphatic rings. The lowest BCUT2D eigenvalue weighted by Crippen LogP contribution is -2.32. The zero-order valence-electron chi connectivity index (χ0n) is 18.7. The number of halogens is 1. The number of thioether (sulfide) groups is 1. The van der Waals surface area contributed by atoms with Crippen LogP contribution in [-0.2, 0) is 4.79 Å². The van der Waals surface area contributed by atoms with E-state index in [1.807, 2.05) is 79.9 Å². The molecule has 0 N–H and O–H groups in total. The maximum Gasteiger partial charge on any atom is 0.237 e. The highest BCUT2D eigenvalue weighted by Gasteiger charge is 2.21. The van der Waals surface area contributed by atoms with Crippen molar-refractivity contribution in [3.8, 4) is 17.1 Å². The van der Waals surface area contributed by atoms with Gasteiger partial charge in [0.15, 0.2) is 11.0 Å². The van der Waals surface area contributed by atoms with Crippen LogP contribution in [0.1, 0.15) is 18.1 Å². The highest BCUT2D eigenvalue weighted by molar-refractivity contribution is 7.99. The Kier molecular flexibility index (Phi) is 7.11. The second-order valence-corrected chi connectivity index (χ2v) is 8.82. The fraction of sp³-hybridized carbons (Fsp3) is 0.200. The maximum absolute atomic E-state index is 13.2. The van der Waals surface area contributed by atoms with Gasteiger partial charge in [-0.2, -0.15) is 0 Å². The number of aromatic nitrogens is 4. The Morgan fingerprint density at radius 2 is 1.79 bits per heavy atom. The molecule has 2 heterocycles. The summed E-state index contributed by atoms with van der Waals surface area (Å²) in [7, 11) is 0. The average Bonchev–Trinajstić information content (AvgIpc) is 3.25. The van der Waals surface area contributed by atoms with Gasteiger partial charge in [-0.05, 0) is 62.2 Å². The van der Waals surface area contributed by atoms with Gasteiger partial charge >= 0.3 is 0 Å². The van der Waals surface area contributed by atoms with Crippen molar-refractivity contribution in [2.45, 2.75) is 25.9 Å². The third kappa shape index (κ3) is 4.79. The van der Waals surface area contributed by atoms with Crippen molar-refractivity contribution in [3.63, 3.8) is 0 Å². The SMILES string of the molecule is CCN(C(=O)CSc1nnc(-c2ccncc2)n1-c1cccc(Cl)c1C)c1ccccc1C. The number of carbonyl (C=O) groups excluding carboxylic acids is 1. The van der Waals surface area contributed by atoms with Crippen molar-refractivity contribution >= 4 is 35.0 Å². The van der Waals surface area contributed by atoms with Crippen LogP contribution in [-0.4, -0.2) is 38.0 Å². The second kappa shape index (κ2) is 10.2. The number of para-hydroxylation sites is 1. The monoisotopic (exact) mass is 477 g/mol. The Morgan fingerprint density at radius 1 is 1.03 bits per heavy atom. The van der Waals surface area contributed by atoms with Crippen molar-refractivity contribution in [1.82, 2.24) is 19.7 Å². The van der Waals surface area contributed by atoms with Crippen LogP contribution >= 0.6 is 23.4 Å². The molecule has 0 spiro atoms. The number of carbonyl (C=O) groups is 1. The molecule has 33 heavy (non-hydrogen) atoms. The molecule has 0 saturated carbocycles. The van der Waals surface area contributed by atoms with E-state index < -0.39 is 0 Å². The summed E-state index contributed by atoms with van der Waals surface area (Å²) in [6.07, 6.45) is 3.44. The minimum absolute atomic E-state index is 0.0135. The van der Waals surface area contributed by atoms with Gasteiger partial charge in [-0.3, -0.25) is 14.3 Å². The van der Waals surface area contributed by atoms with Crippen LogP contribution in [0.15, 0.2) is 72.1 Å². The Bertz CT molecular complexity index is 1280. The predicted octanol–water partition coefficient (Wildman–Crippen LogP) is 5.74. The average molecular weight is 478 g/mol. The predicted molar refractivity (Wildman–Crippen MR) is 134 cm³/mol. The molecule has 0 radical (unpaired) electrons. The van der Waals surface area contributed by atoms with Crippen molar-refractivity contribution in [1.29, 1.82) is 0 Å². The number of anilines is 1. The van der Waals surface area contributed by atoms with Gasteiger partial charge < -0.3 is 4.90 Å². The zero-order chi connectivity index (χ0) is 23.4. The lowest BCUT2D eigenvalue weighted by molar-refractivity contribution is -0.116. The molecule has 0 fully saturated rings. The Balaban J connectivity index is 1.68. The van der Waals surface area contributed by atoms with E-state index in [-0.39, 0.29) is 11.7 Å². The molecule has 168 valence electrons. The Morgan fingerprint density at radius 3 is 2.52 bits per heavy atom. The van der Waals surface area contributed by atoms with Gasteiger partial charge in [-0.15, -0.1) is 10.2 Å². The van der Waals surface area contributed by atoms with Crippen molar-refractivity contribution in [2.24, 2.45) is 0 Å². The van der Waals surface area contributed by atoms with Crippen LogP contribution in [0.25, 0.3) is 17.1 Å². The first kappa shape index (κ1) is 23.0. The highest BCUT2D eigenvalue weighted by atomic mass is 35.5. The van der Waals surface area contributed by atoms with Crippen molar-refractivity contribution < 1.29 is 4.79 Å². The summed E-state index contributed by atoms with van der Waals surface area (Å²) >= 11 is 7.78. The first-order valence-corrected chi connectivity index (χ1v) is 12.0. The number of rotatable bonds is 7. The van der Waals surface area contributed by atoms with Gasteiger partial charge in [0.05, 0.1) is 11.4 Å². The molecule has 2 aromatic carbocycles. The zero-order valence-corrected chi connectivity index (χ0v) is 20.3. The first-order valence-electron chi connectivity index (χ1n) is 10.6. The van der Waals surface area contributed by atoms with Gasteiger partial charge in [-0.1, -0.05) is 47.6 Å². The molecule has 1 amide bonds. The first-order chi connectivity index (χ1) is 16.0. The summed E-state index contributed by atoms with van der Waals surface area (Å²) < 4.78 is 1.96. The number of benzene rings is 2. The van der Waals surface area contributed by atoms with Crippen LogP contribution in [0.3, 0.4) is 0 Å². The minimum Gasteiger partial charge on any atom is -0.312 e. The number of hydrogen-bond acceptors (Lipinski definition) is 5. The van der Waals surface area contributed by atoms with E-state index in [4.69, 9.17) is 11.6 Å². The van der Waals surface area contributed by atoms with Crippen LogP contribution in [0.4, 0.5) is 5.69 Å². The molecular weight excluding hydrogens is 454 g/mol. The summed E-state index contributed by atoms with van der Waals surface area (Å²) in [5.41, 5.74) is 4.66. The lowest BCUT2D eigenvalue weighted by Gasteiger charge is -2.22. The van der Waals surface area contributed by atoms with Crippen molar-refractivity contribution in [3.05, 3.63) is 83.1 Å². The number of amides is 1. The fourth-order valence-electron chi connectivity index (χ4n) is 3.66. The quantitative estimate of drug-likeness (QED) is 0.317. The molecule has 0 unspecified atom stereocenters. The van der Waals surface area contributed by atoms with Crippen molar-refractivity contribution in [2.75, 3.05) is 17.2 Å². The van der Waals surface area contributed by atoms with E-state index in [0.717, 1.165) is 28.1 Å². The molecule has 0 aliphatic heterocycles. The van der Waals surface area contributed by atoms with Gasteiger partial charge in [0.1, 0.15) is 0 Å². The molecule has 0 bridgehead atoms. The minimum atomic E-state index is 0.0135. The third-order valence-corrected chi connectivity index (χ3v) is 6.72. The van der Waals surface area contributed by atoms with Crippen LogP contribution < -0.4 is 4.90 Å². The van der Waals surface area contributed by atoms with E-state index >= 15 is 0 Å². The third-order valence-electron chi connectivity index (χ3n) is 5.40. The molecule has 8 heteroatoms. The standard InChI is InChI=1S/C25H24ClN5OS/c1-4-30(21-10-6-5-8-17(21)2)23(32)16-33-25-29-28-24(19-12-14-27-15-13-19)31(25)22-11-7-9-20(26)18(22)3/h5-15H,4,16H2,1-3H3. The summed E-state index contributed by atoms with van der Waals surface area (Å²) in [4.78, 5) is 19.1. The fourth-order valence-corrected chi connectivity index (χ4v) is 4.65. The summed E-state index contributed by atoms with van der Waals surface area (Å²) in [5, 5.41) is 10.2. The van der Waals surface area contributed by atoms with E-state index in [0.29, 0.717) is 22.5 Å². The second-order valence-electron chi connectivity index (χ2n) is 7.47. The van der Waals surface area contributed by atoms with E-state index in [1.165, 1.54) is 11.8 Å². The highest BCUT2D eigenvalue weighted by Crippen LogP contribution is 2.32. The number of aryl methyl sites for hydroxylation is 1. The normalized spacial score (nSPS) is 10.9. The topological polar surface area (TPSA) is 63.9 Å². The maximum atomic E-state index is 13.2. The number of nitrogens with zero attached hydrogens (tertiary/aromatic N) is 5. The smallest absolute Gasteiger partial charge is 0.237 e. The molecule has 0 aliphatic carbocycles. The van der Waals surface area contributed by atoms with Crippen LogP contribution in [0.5, 0.6) is 0 Å².